The van der Waals surface area contributed by atoms with Gasteiger partial charge in [-0.05, 0) is 62.4 Å². The molecule has 4 rings (SSSR count). The quantitative estimate of drug-likeness (QED) is 0.889. The molecule has 2 aliphatic rings. The summed E-state index contributed by atoms with van der Waals surface area (Å²) in [7, 11) is 1.56. The molecule has 0 aromatic heterocycles. The number of phenolic OH excluding ortho intramolecular Hbond substituents is 1. The largest absolute Gasteiger partial charge is 0.504 e. The first-order valence-corrected chi connectivity index (χ1v) is 8.80. The number of rotatable bonds is 2. The summed E-state index contributed by atoms with van der Waals surface area (Å²) in [5, 5.41) is 10.0. The van der Waals surface area contributed by atoms with Crippen molar-refractivity contribution >= 4 is 0 Å². The summed E-state index contributed by atoms with van der Waals surface area (Å²) in [6, 6.07) is 9.78. The first kappa shape index (κ1) is 16.1. The molecule has 1 unspecified atom stereocenters. The summed E-state index contributed by atoms with van der Waals surface area (Å²) in [6.45, 7) is 4.86. The third kappa shape index (κ3) is 2.90. The maximum Gasteiger partial charge on any atom is 0.160 e. The summed E-state index contributed by atoms with van der Waals surface area (Å²) in [6.07, 6.45) is 2.88. The van der Waals surface area contributed by atoms with Crippen LogP contribution in [-0.4, -0.2) is 24.4 Å². The average molecular weight is 340 g/mol. The zero-order chi connectivity index (χ0) is 17.6. The number of fused-ring (bicyclic) bond motifs is 3. The van der Waals surface area contributed by atoms with E-state index < -0.39 is 0 Å². The summed E-state index contributed by atoms with van der Waals surface area (Å²) in [4.78, 5) is 0. The second kappa shape index (κ2) is 5.87. The van der Waals surface area contributed by atoms with Gasteiger partial charge in [0.15, 0.2) is 11.5 Å². The van der Waals surface area contributed by atoms with Crippen LogP contribution in [0.3, 0.4) is 0 Å². The van der Waals surface area contributed by atoms with E-state index >= 15 is 0 Å². The van der Waals surface area contributed by atoms with Crippen LogP contribution in [0.1, 0.15) is 42.9 Å². The number of phenols is 1. The Kier molecular flexibility index (Phi) is 3.78. The van der Waals surface area contributed by atoms with Crippen LogP contribution in [-0.2, 0) is 12.8 Å². The molecule has 0 bridgehead atoms. The molecule has 4 heteroatoms. The minimum atomic E-state index is -0.112. The Balaban J connectivity index is 1.61. The molecule has 1 atom stereocenters. The first-order valence-electron chi connectivity index (χ1n) is 8.80. The van der Waals surface area contributed by atoms with Crippen molar-refractivity contribution in [2.45, 2.75) is 44.6 Å². The predicted octanol–water partition coefficient (Wildman–Crippen LogP) is 4.22. The summed E-state index contributed by atoms with van der Waals surface area (Å²) in [5.74, 6) is 2.85. The number of hydrogen-bond donors (Lipinski definition) is 1. The number of ether oxygens (including phenoxy) is 3. The van der Waals surface area contributed by atoms with Crippen LogP contribution in [0, 0.1) is 0 Å². The van der Waals surface area contributed by atoms with E-state index in [2.05, 4.69) is 26.0 Å². The van der Waals surface area contributed by atoms with Crippen molar-refractivity contribution in [3.63, 3.8) is 0 Å². The normalized spacial score (nSPS) is 20.7. The second-order valence-corrected chi connectivity index (χ2v) is 7.54. The smallest absolute Gasteiger partial charge is 0.160 e. The monoisotopic (exact) mass is 340 g/mol. The molecule has 0 spiro atoms. The third-order valence-corrected chi connectivity index (χ3v) is 5.23. The van der Waals surface area contributed by atoms with Crippen molar-refractivity contribution in [3.8, 4) is 23.0 Å². The minimum Gasteiger partial charge on any atom is -0.504 e. The summed E-state index contributed by atoms with van der Waals surface area (Å²) in [5.41, 5.74) is 3.37. The molecule has 4 nitrogen and oxygen atoms in total. The molecular weight excluding hydrogens is 316 g/mol. The molecule has 2 aromatic carbocycles. The molecule has 0 radical (unpaired) electrons. The van der Waals surface area contributed by atoms with Gasteiger partial charge in [0.1, 0.15) is 17.1 Å². The zero-order valence-corrected chi connectivity index (χ0v) is 15.0. The number of hydrogen-bond acceptors (Lipinski definition) is 4. The van der Waals surface area contributed by atoms with Crippen LogP contribution in [0.5, 0.6) is 23.0 Å². The highest BCUT2D eigenvalue weighted by atomic mass is 16.5. The molecule has 132 valence electrons. The fourth-order valence-corrected chi connectivity index (χ4v) is 3.79. The Hall–Kier alpha value is -2.36. The predicted molar refractivity (Wildman–Crippen MR) is 96.1 cm³/mol. The fraction of sp³-hybridized carbons (Fsp3) is 0.429. The Morgan fingerprint density at radius 3 is 2.80 bits per heavy atom. The van der Waals surface area contributed by atoms with Crippen LogP contribution >= 0.6 is 0 Å². The Morgan fingerprint density at radius 2 is 2.04 bits per heavy atom. The molecule has 0 aliphatic carbocycles. The molecule has 0 saturated heterocycles. The van der Waals surface area contributed by atoms with Crippen molar-refractivity contribution < 1.29 is 19.3 Å². The van der Waals surface area contributed by atoms with Crippen LogP contribution in [0.25, 0.3) is 0 Å². The second-order valence-electron chi connectivity index (χ2n) is 7.54. The molecular formula is C21H24O4. The maximum absolute atomic E-state index is 10.0. The highest BCUT2D eigenvalue weighted by molar-refractivity contribution is 5.53. The number of methoxy groups -OCH3 is 1. The van der Waals surface area contributed by atoms with Crippen molar-refractivity contribution in [1.82, 2.24) is 0 Å². The van der Waals surface area contributed by atoms with Gasteiger partial charge in [-0.15, -0.1) is 0 Å². The van der Waals surface area contributed by atoms with Crippen LogP contribution in [0.4, 0.5) is 0 Å². The lowest BCUT2D eigenvalue weighted by Gasteiger charge is -2.35. The van der Waals surface area contributed by atoms with E-state index in [-0.39, 0.29) is 17.3 Å². The molecule has 25 heavy (non-hydrogen) atoms. The SMILES string of the molecule is COc1ccc(C2COc3c(ccc4c3CCC(C)(C)O4)C2)cc1O. The summed E-state index contributed by atoms with van der Waals surface area (Å²) >= 11 is 0. The zero-order valence-electron chi connectivity index (χ0n) is 15.0. The summed E-state index contributed by atoms with van der Waals surface area (Å²) < 4.78 is 17.4. The fourth-order valence-electron chi connectivity index (χ4n) is 3.79. The van der Waals surface area contributed by atoms with Gasteiger partial charge in [0.05, 0.1) is 13.7 Å². The van der Waals surface area contributed by atoms with Gasteiger partial charge in [-0.2, -0.15) is 0 Å². The van der Waals surface area contributed by atoms with Gasteiger partial charge in [-0.3, -0.25) is 0 Å². The van der Waals surface area contributed by atoms with E-state index in [4.69, 9.17) is 14.2 Å². The number of benzene rings is 2. The van der Waals surface area contributed by atoms with Gasteiger partial charge in [0.25, 0.3) is 0 Å². The van der Waals surface area contributed by atoms with Gasteiger partial charge < -0.3 is 19.3 Å². The lowest BCUT2D eigenvalue weighted by molar-refractivity contribution is 0.0827. The minimum absolute atomic E-state index is 0.112. The van der Waals surface area contributed by atoms with E-state index in [1.807, 2.05) is 12.1 Å². The lowest BCUT2D eigenvalue weighted by atomic mass is 9.86. The Labute approximate surface area is 148 Å². The van der Waals surface area contributed by atoms with Crippen molar-refractivity contribution in [2.24, 2.45) is 0 Å². The molecule has 2 aliphatic heterocycles. The van der Waals surface area contributed by atoms with E-state index in [1.54, 1.807) is 13.2 Å². The van der Waals surface area contributed by atoms with Crippen LogP contribution in [0.15, 0.2) is 30.3 Å². The molecule has 2 heterocycles. The van der Waals surface area contributed by atoms with E-state index in [1.165, 1.54) is 11.1 Å². The highest BCUT2D eigenvalue weighted by Gasteiger charge is 2.32. The molecule has 0 amide bonds. The first-order chi connectivity index (χ1) is 12.0. The molecule has 0 fully saturated rings. The van der Waals surface area contributed by atoms with E-state index in [0.29, 0.717) is 12.4 Å². The van der Waals surface area contributed by atoms with Crippen LogP contribution in [0.2, 0.25) is 0 Å². The van der Waals surface area contributed by atoms with Gasteiger partial charge in [0, 0.05) is 11.5 Å². The lowest BCUT2D eigenvalue weighted by Crippen LogP contribution is -2.33. The van der Waals surface area contributed by atoms with Gasteiger partial charge in [0.2, 0.25) is 0 Å². The van der Waals surface area contributed by atoms with Crippen molar-refractivity contribution in [2.75, 3.05) is 13.7 Å². The Morgan fingerprint density at radius 1 is 1.20 bits per heavy atom. The molecule has 1 N–H and O–H groups in total. The maximum atomic E-state index is 10.0. The van der Waals surface area contributed by atoms with Crippen molar-refractivity contribution in [1.29, 1.82) is 0 Å². The molecule has 0 saturated carbocycles. The van der Waals surface area contributed by atoms with E-state index in [0.717, 1.165) is 36.3 Å². The molecule has 2 aromatic rings. The third-order valence-electron chi connectivity index (χ3n) is 5.23. The van der Waals surface area contributed by atoms with Gasteiger partial charge in [-0.25, -0.2) is 0 Å². The van der Waals surface area contributed by atoms with Gasteiger partial charge >= 0.3 is 0 Å². The van der Waals surface area contributed by atoms with E-state index in [9.17, 15) is 5.11 Å². The van der Waals surface area contributed by atoms with Crippen LogP contribution < -0.4 is 14.2 Å². The number of aromatic hydroxyl groups is 1. The standard InChI is InChI=1S/C21H24O4/c1-21(2)9-8-16-18(25-21)6-5-14-10-15(12-24-20(14)16)13-4-7-19(23-3)17(22)11-13/h4-7,11,15,22H,8-10,12H2,1-3H3. The highest BCUT2D eigenvalue weighted by Crippen LogP contribution is 2.44. The van der Waals surface area contributed by atoms with Crippen molar-refractivity contribution in [3.05, 3.63) is 47.0 Å². The van der Waals surface area contributed by atoms with Gasteiger partial charge in [-0.1, -0.05) is 12.1 Å². The average Bonchev–Trinajstić information content (AvgIpc) is 2.60. The Bertz CT molecular complexity index is 810. The topological polar surface area (TPSA) is 47.9 Å².